The molecule has 2 aromatic rings. The highest BCUT2D eigenvalue weighted by Crippen LogP contribution is 2.18. The summed E-state index contributed by atoms with van der Waals surface area (Å²) in [5.74, 6) is 1.40. The quantitative estimate of drug-likeness (QED) is 0.144. The third-order valence-electron chi connectivity index (χ3n) is 6.76. The molecular formula is C30H51N2+. The number of aryl methyl sites for hydroxylation is 2. The molecule has 0 unspecified atom stereocenters. The van der Waals surface area contributed by atoms with Gasteiger partial charge in [-0.1, -0.05) is 116 Å². The summed E-state index contributed by atoms with van der Waals surface area (Å²) in [5.41, 5.74) is 1.35. The van der Waals surface area contributed by atoms with Crippen LogP contribution in [0.2, 0.25) is 0 Å². The van der Waals surface area contributed by atoms with Crippen LogP contribution in [-0.4, -0.2) is 4.57 Å². The smallest absolute Gasteiger partial charge is 0.230 e. The molecule has 0 fully saturated rings. The minimum Gasteiger partial charge on any atom is -0.230 e. The van der Waals surface area contributed by atoms with Crippen molar-refractivity contribution >= 4 is 0 Å². The summed E-state index contributed by atoms with van der Waals surface area (Å²) in [6.07, 6.45) is 28.2. The van der Waals surface area contributed by atoms with Gasteiger partial charge in [0.1, 0.15) is 12.4 Å². The summed E-state index contributed by atoms with van der Waals surface area (Å²) in [6, 6.07) is 11.0. The van der Waals surface area contributed by atoms with Gasteiger partial charge in [0.15, 0.2) is 0 Å². The lowest BCUT2D eigenvalue weighted by molar-refractivity contribution is -0.686. The van der Waals surface area contributed by atoms with E-state index in [0.29, 0.717) is 0 Å². The van der Waals surface area contributed by atoms with Crippen molar-refractivity contribution in [2.75, 3.05) is 0 Å². The Morgan fingerprint density at radius 3 is 1.66 bits per heavy atom. The largest absolute Gasteiger partial charge is 0.288 e. The molecule has 1 aromatic carbocycles. The first kappa shape index (κ1) is 26.7. The van der Waals surface area contributed by atoms with Crippen molar-refractivity contribution in [1.29, 1.82) is 0 Å². The molecule has 0 N–H and O–H groups in total. The predicted molar refractivity (Wildman–Crippen MR) is 140 cm³/mol. The maximum Gasteiger partial charge on any atom is 0.288 e. The summed E-state index contributed by atoms with van der Waals surface area (Å²) < 4.78 is 5.00. The molecule has 2 heteroatoms. The number of unbranched alkanes of at least 4 members (excludes halogenated alkanes) is 15. The number of hydrogen-bond donors (Lipinski definition) is 0. The summed E-state index contributed by atoms with van der Waals surface area (Å²) in [7, 11) is 0. The molecule has 1 aromatic heterocycles. The summed E-state index contributed by atoms with van der Waals surface area (Å²) in [4.78, 5) is 0. The molecule has 32 heavy (non-hydrogen) atoms. The van der Waals surface area contributed by atoms with Gasteiger partial charge in [-0.15, -0.1) is 0 Å². The van der Waals surface area contributed by atoms with Crippen LogP contribution in [0.25, 0.3) is 11.4 Å². The van der Waals surface area contributed by atoms with Crippen LogP contribution in [0.1, 0.15) is 123 Å². The first-order valence-electron chi connectivity index (χ1n) is 14.0. The molecule has 0 amide bonds. The van der Waals surface area contributed by atoms with E-state index in [9.17, 15) is 0 Å². The van der Waals surface area contributed by atoms with Crippen molar-refractivity contribution in [3.8, 4) is 11.4 Å². The first-order chi connectivity index (χ1) is 15.9. The van der Waals surface area contributed by atoms with Crippen molar-refractivity contribution in [1.82, 2.24) is 4.57 Å². The summed E-state index contributed by atoms with van der Waals surface area (Å²) >= 11 is 0. The third-order valence-corrected chi connectivity index (χ3v) is 6.76. The normalized spacial score (nSPS) is 11.3. The highest BCUT2D eigenvalue weighted by molar-refractivity contribution is 5.52. The van der Waals surface area contributed by atoms with Gasteiger partial charge < -0.3 is 0 Å². The zero-order valence-electron chi connectivity index (χ0n) is 21.4. The van der Waals surface area contributed by atoms with E-state index in [1.807, 2.05) is 0 Å². The van der Waals surface area contributed by atoms with Gasteiger partial charge in [-0.2, -0.15) is 0 Å². The first-order valence-corrected chi connectivity index (χ1v) is 14.0. The maximum absolute atomic E-state index is 2.50. The van der Waals surface area contributed by atoms with Crippen molar-refractivity contribution in [3.63, 3.8) is 0 Å². The summed E-state index contributed by atoms with van der Waals surface area (Å²) in [6.45, 7) is 6.88. The van der Waals surface area contributed by atoms with Crippen LogP contribution >= 0.6 is 0 Å². The molecule has 0 saturated carbocycles. The number of imidazole rings is 1. The Labute approximate surface area is 199 Å². The molecule has 2 nitrogen and oxygen atoms in total. The van der Waals surface area contributed by atoms with Crippen molar-refractivity contribution in [3.05, 3.63) is 42.7 Å². The minimum atomic E-state index is 1.14. The van der Waals surface area contributed by atoms with E-state index in [1.165, 1.54) is 121 Å². The Kier molecular flexibility index (Phi) is 14.9. The summed E-state index contributed by atoms with van der Waals surface area (Å²) in [5, 5.41) is 0. The number of nitrogens with zero attached hydrogens (tertiary/aromatic N) is 2. The van der Waals surface area contributed by atoms with Crippen molar-refractivity contribution in [2.24, 2.45) is 0 Å². The van der Waals surface area contributed by atoms with Gasteiger partial charge in [0, 0.05) is 0 Å². The van der Waals surface area contributed by atoms with Crippen LogP contribution in [0.5, 0.6) is 0 Å². The van der Waals surface area contributed by atoms with E-state index < -0.39 is 0 Å². The zero-order chi connectivity index (χ0) is 22.7. The van der Waals surface area contributed by atoms with E-state index in [1.54, 1.807) is 0 Å². The number of aromatic nitrogens is 2. The van der Waals surface area contributed by atoms with Crippen molar-refractivity contribution < 1.29 is 4.57 Å². The Morgan fingerprint density at radius 1 is 0.594 bits per heavy atom. The minimum absolute atomic E-state index is 1.14. The van der Waals surface area contributed by atoms with Gasteiger partial charge >= 0.3 is 0 Å². The molecule has 180 valence electrons. The molecule has 0 atom stereocenters. The van der Waals surface area contributed by atoms with E-state index in [-0.39, 0.29) is 0 Å². The van der Waals surface area contributed by atoms with Gasteiger partial charge in [0.05, 0.1) is 18.7 Å². The van der Waals surface area contributed by atoms with E-state index in [4.69, 9.17) is 0 Å². The lowest BCUT2D eigenvalue weighted by atomic mass is 10.1. The standard InChI is InChI=1S/C30H51N2/c1-3-5-7-9-11-12-13-15-17-22-26-32-28-27-31(25-21-16-14-10-8-6-4-2)30(32)29-23-19-18-20-24-29/h18-20,23-24,27-28H,3-17,21-22,25-26H2,1-2H3/q+1. The Hall–Kier alpha value is -1.57. The van der Waals surface area contributed by atoms with Gasteiger partial charge in [0.25, 0.3) is 5.82 Å². The van der Waals surface area contributed by atoms with Gasteiger partial charge in [-0.05, 0) is 37.8 Å². The van der Waals surface area contributed by atoms with Crippen LogP contribution < -0.4 is 4.57 Å². The molecule has 0 bridgehead atoms. The van der Waals surface area contributed by atoms with Crippen LogP contribution in [0.3, 0.4) is 0 Å². The maximum atomic E-state index is 2.50. The second-order valence-corrected chi connectivity index (χ2v) is 9.68. The zero-order valence-corrected chi connectivity index (χ0v) is 21.4. The highest BCUT2D eigenvalue weighted by atomic mass is 15.1. The number of benzene rings is 1. The SMILES string of the molecule is CCCCCCCCCCCCn1cc[n+](CCCCCCCCC)c1-c1ccccc1. The molecule has 0 aliphatic carbocycles. The molecule has 2 rings (SSSR count). The van der Waals surface area contributed by atoms with E-state index >= 15 is 0 Å². The van der Waals surface area contributed by atoms with Crippen LogP contribution in [-0.2, 0) is 13.1 Å². The van der Waals surface area contributed by atoms with Crippen LogP contribution in [0, 0.1) is 0 Å². The second kappa shape index (κ2) is 17.9. The fourth-order valence-electron chi connectivity index (χ4n) is 4.76. The van der Waals surface area contributed by atoms with Crippen LogP contribution in [0.4, 0.5) is 0 Å². The van der Waals surface area contributed by atoms with E-state index in [0.717, 1.165) is 13.1 Å². The molecule has 0 aliphatic heterocycles. The molecule has 0 spiro atoms. The fourth-order valence-corrected chi connectivity index (χ4v) is 4.76. The predicted octanol–water partition coefficient (Wildman–Crippen LogP) is 9.11. The van der Waals surface area contributed by atoms with Crippen molar-refractivity contribution in [2.45, 2.75) is 136 Å². The topological polar surface area (TPSA) is 8.81 Å². The lowest BCUT2D eigenvalue weighted by Crippen LogP contribution is -2.34. The van der Waals surface area contributed by atoms with Crippen LogP contribution in [0.15, 0.2) is 42.7 Å². The highest BCUT2D eigenvalue weighted by Gasteiger charge is 2.18. The third kappa shape index (κ3) is 10.8. The molecule has 1 heterocycles. The Balaban J connectivity index is 1.75. The van der Waals surface area contributed by atoms with Gasteiger partial charge in [-0.25, -0.2) is 9.13 Å². The second-order valence-electron chi connectivity index (χ2n) is 9.68. The van der Waals surface area contributed by atoms with E-state index in [2.05, 4.69) is 65.7 Å². The molecule has 0 radical (unpaired) electrons. The van der Waals surface area contributed by atoms with Gasteiger partial charge in [-0.3, -0.25) is 0 Å². The average Bonchev–Trinajstić information content (AvgIpc) is 3.23. The molecule has 0 saturated heterocycles. The Bertz CT molecular complexity index is 673. The Morgan fingerprint density at radius 2 is 1.09 bits per heavy atom. The number of rotatable bonds is 20. The monoisotopic (exact) mass is 439 g/mol. The fraction of sp³-hybridized carbons (Fsp3) is 0.700. The molecular weight excluding hydrogens is 388 g/mol. The number of hydrogen-bond acceptors (Lipinski definition) is 0. The molecule has 0 aliphatic rings. The lowest BCUT2D eigenvalue weighted by Gasteiger charge is -2.06. The van der Waals surface area contributed by atoms with Gasteiger partial charge in [0.2, 0.25) is 0 Å². The average molecular weight is 440 g/mol.